The summed E-state index contributed by atoms with van der Waals surface area (Å²) in [5.74, 6) is 0.821. The number of hydrogen-bond acceptors (Lipinski definition) is 1. The summed E-state index contributed by atoms with van der Waals surface area (Å²) in [7, 11) is 2.19. The first-order chi connectivity index (χ1) is 5.11. The van der Waals surface area contributed by atoms with Crippen molar-refractivity contribution in [2.75, 3.05) is 18.9 Å². The van der Waals surface area contributed by atoms with Crippen LogP contribution in [0.15, 0.2) is 0 Å². The van der Waals surface area contributed by atoms with Gasteiger partial charge in [0.15, 0.2) is 0 Å². The SMILES string of the molecule is CCC(C)CN(C)C(C)CBr. The van der Waals surface area contributed by atoms with Gasteiger partial charge in [-0.2, -0.15) is 0 Å². The first-order valence-electron chi connectivity index (χ1n) is 4.38. The average Bonchev–Trinajstić information content (AvgIpc) is 2.02. The minimum Gasteiger partial charge on any atom is -0.303 e. The van der Waals surface area contributed by atoms with Crippen molar-refractivity contribution in [2.45, 2.75) is 33.2 Å². The minimum absolute atomic E-state index is 0.656. The summed E-state index contributed by atoms with van der Waals surface area (Å²) in [4.78, 5) is 2.41. The van der Waals surface area contributed by atoms with E-state index < -0.39 is 0 Å². The van der Waals surface area contributed by atoms with Gasteiger partial charge in [-0.3, -0.25) is 0 Å². The molecule has 2 unspecified atom stereocenters. The zero-order valence-electron chi connectivity index (χ0n) is 8.10. The lowest BCUT2D eigenvalue weighted by molar-refractivity contribution is 0.238. The summed E-state index contributed by atoms with van der Waals surface area (Å²) in [5.41, 5.74) is 0. The number of halogens is 1. The Bertz CT molecular complexity index is 95.6. The van der Waals surface area contributed by atoms with Crippen molar-refractivity contribution in [1.29, 1.82) is 0 Å². The molecule has 0 aromatic rings. The number of rotatable bonds is 5. The van der Waals surface area contributed by atoms with Crippen LogP contribution in [0.4, 0.5) is 0 Å². The lowest BCUT2D eigenvalue weighted by Crippen LogP contribution is -2.33. The standard InChI is InChI=1S/C9H20BrN/c1-5-8(2)7-11(4)9(3)6-10/h8-9H,5-7H2,1-4H3. The van der Waals surface area contributed by atoms with Crippen LogP contribution in [0.5, 0.6) is 0 Å². The van der Waals surface area contributed by atoms with Gasteiger partial charge in [-0.15, -0.1) is 0 Å². The normalized spacial score (nSPS) is 16.9. The van der Waals surface area contributed by atoms with Crippen molar-refractivity contribution in [2.24, 2.45) is 5.92 Å². The molecule has 0 N–H and O–H groups in total. The summed E-state index contributed by atoms with van der Waals surface area (Å²) in [5, 5.41) is 1.07. The predicted octanol–water partition coefficient (Wildman–Crippen LogP) is 2.75. The molecule has 0 saturated carbocycles. The number of alkyl halides is 1. The largest absolute Gasteiger partial charge is 0.303 e. The molecule has 0 saturated heterocycles. The van der Waals surface area contributed by atoms with Crippen LogP contribution < -0.4 is 0 Å². The van der Waals surface area contributed by atoms with E-state index in [0.29, 0.717) is 6.04 Å². The Balaban J connectivity index is 3.58. The molecule has 0 radical (unpaired) electrons. The van der Waals surface area contributed by atoms with Gasteiger partial charge >= 0.3 is 0 Å². The van der Waals surface area contributed by atoms with E-state index in [2.05, 4.69) is 48.6 Å². The summed E-state index contributed by atoms with van der Waals surface area (Å²) in [6, 6.07) is 0.656. The molecule has 11 heavy (non-hydrogen) atoms. The molecule has 0 amide bonds. The minimum atomic E-state index is 0.656. The van der Waals surface area contributed by atoms with Crippen LogP contribution >= 0.6 is 15.9 Å². The summed E-state index contributed by atoms with van der Waals surface area (Å²) >= 11 is 3.49. The van der Waals surface area contributed by atoms with Crippen LogP contribution in [0.2, 0.25) is 0 Å². The van der Waals surface area contributed by atoms with Crippen molar-refractivity contribution >= 4 is 15.9 Å². The highest BCUT2D eigenvalue weighted by molar-refractivity contribution is 9.09. The molecule has 0 rings (SSSR count). The highest BCUT2D eigenvalue weighted by atomic mass is 79.9. The summed E-state index contributed by atoms with van der Waals surface area (Å²) in [6.45, 7) is 8.01. The second-order valence-corrected chi connectivity index (χ2v) is 4.10. The lowest BCUT2D eigenvalue weighted by atomic mass is 10.1. The molecule has 0 aromatic heterocycles. The molecular weight excluding hydrogens is 202 g/mol. The Labute approximate surface area is 79.3 Å². The fourth-order valence-electron chi connectivity index (χ4n) is 0.918. The molecule has 1 nitrogen and oxygen atoms in total. The van der Waals surface area contributed by atoms with E-state index in [1.807, 2.05) is 0 Å². The third-order valence-electron chi connectivity index (χ3n) is 2.27. The van der Waals surface area contributed by atoms with Gasteiger partial charge < -0.3 is 4.90 Å². The van der Waals surface area contributed by atoms with Crippen LogP contribution in [0.25, 0.3) is 0 Å². The molecule has 0 bridgehead atoms. The van der Waals surface area contributed by atoms with Crippen LogP contribution in [-0.4, -0.2) is 29.9 Å². The van der Waals surface area contributed by atoms with E-state index in [-0.39, 0.29) is 0 Å². The predicted molar refractivity (Wildman–Crippen MR) is 55.3 cm³/mol. The summed E-state index contributed by atoms with van der Waals surface area (Å²) in [6.07, 6.45) is 1.28. The van der Waals surface area contributed by atoms with Crippen LogP contribution in [0, 0.1) is 5.92 Å². The third-order valence-corrected chi connectivity index (χ3v) is 3.21. The fraction of sp³-hybridized carbons (Fsp3) is 1.00. The molecule has 2 atom stereocenters. The van der Waals surface area contributed by atoms with Gasteiger partial charge in [0.05, 0.1) is 0 Å². The number of hydrogen-bond donors (Lipinski definition) is 0. The van der Waals surface area contributed by atoms with Gasteiger partial charge in [-0.1, -0.05) is 36.2 Å². The molecular formula is C9H20BrN. The van der Waals surface area contributed by atoms with Gasteiger partial charge in [-0.25, -0.2) is 0 Å². The van der Waals surface area contributed by atoms with E-state index in [0.717, 1.165) is 11.2 Å². The maximum absolute atomic E-state index is 3.49. The number of nitrogens with zero attached hydrogens (tertiary/aromatic N) is 1. The van der Waals surface area contributed by atoms with Gasteiger partial charge in [-0.05, 0) is 19.9 Å². The van der Waals surface area contributed by atoms with E-state index in [9.17, 15) is 0 Å². The molecule has 0 aliphatic carbocycles. The smallest absolute Gasteiger partial charge is 0.0185 e. The maximum Gasteiger partial charge on any atom is 0.0185 e. The molecule has 0 heterocycles. The van der Waals surface area contributed by atoms with Crippen LogP contribution in [0.1, 0.15) is 27.2 Å². The fourth-order valence-corrected chi connectivity index (χ4v) is 1.41. The van der Waals surface area contributed by atoms with Crippen molar-refractivity contribution in [3.05, 3.63) is 0 Å². The molecule has 68 valence electrons. The third kappa shape index (κ3) is 4.81. The molecule has 0 fully saturated rings. The Hall–Kier alpha value is 0.440. The van der Waals surface area contributed by atoms with E-state index >= 15 is 0 Å². The zero-order chi connectivity index (χ0) is 8.85. The van der Waals surface area contributed by atoms with Gasteiger partial charge in [0.2, 0.25) is 0 Å². The van der Waals surface area contributed by atoms with Crippen molar-refractivity contribution in [3.63, 3.8) is 0 Å². The second-order valence-electron chi connectivity index (χ2n) is 3.46. The quantitative estimate of drug-likeness (QED) is 0.646. The van der Waals surface area contributed by atoms with Gasteiger partial charge in [0.1, 0.15) is 0 Å². The van der Waals surface area contributed by atoms with Gasteiger partial charge in [0, 0.05) is 17.9 Å². The average molecular weight is 222 g/mol. The molecule has 0 aliphatic rings. The van der Waals surface area contributed by atoms with E-state index in [4.69, 9.17) is 0 Å². The monoisotopic (exact) mass is 221 g/mol. The molecule has 0 aliphatic heterocycles. The second kappa shape index (κ2) is 6.01. The van der Waals surface area contributed by atoms with Crippen molar-refractivity contribution in [1.82, 2.24) is 4.90 Å². The highest BCUT2D eigenvalue weighted by Gasteiger charge is 2.09. The Morgan fingerprint density at radius 2 is 1.91 bits per heavy atom. The Morgan fingerprint density at radius 3 is 2.27 bits per heavy atom. The molecule has 2 heteroatoms. The van der Waals surface area contributed by atoms with Crippen molar-refractivity contribution in [3.8, 4) is 0 Å². The first kappa shape index (κ1) is 11.4. The maximum atomic E-state index is 3.49. The first-order valence-corrected chi connectivity index (χ1v) is 5.50. The van der Waals surface area contributed by atoms with E-state index in [1.54, 1.807) is 0 Å². The molecule has 0 aromatic carbocycles. The van der Waals surface area contributed by atoms with Crippen molar-refractivity contribution < 1.29 is 0 Å². The Kier molecular flexibility index (Phi) is 6.25. The highest BCUT2D eigenvalue weighted by Crippen LogP contribution is 2.06. The summed E-state index contributed by atoms with van der Waals surface area (Å²) < 4.78 is 0. The topological polar surface area (TPSA) is 3.24 Å². The lowest BCUT2D eigenvalue weighted by Gasteiger charge is -2.25. The van der Waals surface area contributed by atoms with Crippen LogP contribution in [0.3, 0.4) is 0 Å². The zero-order valence-corrected chi connectivity index (χ0v) is 9.69. The van der Waals surface area contributed by atoms with E-state index in [1.165, 1.54) is 13.0 Å². The van der Waals surface area contributed by atoms with Crippen LogP contribution in [-0.2, 0) is 0 Å². The Morgan fingerprint density at radius 1 is 1.36 bits per heavy atom. The van der Waals surface area contributed by atoms with Gasteiger partial charge in [0.25, 0.3) is 0 Å². The molecule has 0 spiro atoms.